The number of hydrogen-bond donors (Lipinski definition) is 0. The molecule has 0 aliphatic rings. The second kappa shape index (κ2) is 4.50. The van der Waals surface area contributed by atoms with Gasteiger partial charge in [-0.3, -0.25) is 9.97 Å². The van der Waals surface area contributed by atoms with Gasteiger partial charge in [0, 0.05) is 11.9 Å². The van der Waals surface area contributed by atoms with Crippen molar-refractivity contribution in [1.29, 1.82) is 5.26 Å². The Hall–Kier alpha value is -1.95. The van der Waals surface area contributed by atoms with E-state index in [0.29, 0.717) is 11.5 Å². The van der Waals surface area contributed by atoms with Crippen molar-refractivity contribution in [2.45, 2.75) is 27.2 Å². The Morgan fingerprint density at radius 2 is 2.12 bits per heavy atom. The van der Waals surface area contributed by atoms with Crippen molar-refractivity contribution < 1.29 is 0 Å². The lowest BCUT2D eigenvalue weighted by molar-refractivity contribution is 0.648. The summed E-state index contributed by atoms with van der Waals surface area (Å²) < 4.78 is 0. The van der Waals surface area contributed by atoms with Crippen molar-refractivity contribution in [1.82, 2.24) is 9.97 Å². The van der Waals surface area contributed by atoms with Crippen LogP contribution < -0.4 is 0 Å². The maximum Gasteiger partial charge on any atom is 0.101 e. The van der Waals surface area contributed by atoms with E-state index in [1.54, 1.807) is 6.20 Å². The van der Waals surface area contributed by atoms with E-state index >= 15 is 0 Å². The van der Waals surface area contributed by atoms with E-state index in [4.69, 9.17) is 5.26 Å². The molecule has 0 atom stereocenters. The highest BCUT2D eigenvalue weighted by Crippen LogP contribution is 2.21. The summed E-state index contributed by atoms with van der Waals surface area (Å²) in [6.07, 6.45) is 2.51. The van der Waals surface area contributed by atoms with Crippen LogP contribution in [0.1, 0.15) is 30.7 Å². The number of aryl methyl sites for hydroxylation is 1. The van der Waals surface area contributed by atoms with Gasteiger partial charge < -0.3 is 0 Å². The van der Waals surface area contributed by atoms with Crippen LogP contribution in [-0.2, 0) is 6.42 Å². The van der Waals surface area contributed by atoms with Crippen molar-refractivity contribution in [3.05, 3.63) is 35.2 Å². The minimum atomic E-state index is 0.495. The molecule has 0 saturated carbocycles. The zero-order chi connectivity index (χ0) is 12.4. The monoisotopic (exact) mass is 225 g/mol. The molecule has 0 spiro atoms. The third-order valence-corrected chi connectivity index (χ3v) is 2.69. The van der Waals surface area contributed by atoms with E-state index in [1.165, 1.54) is 0 Å². The number of aromatic nitrogens is 2. The van der Waals surface area contributed by atoms with E-state index < -0.39 is 0 Å². The molecule has 17 heavy (non-hydrogen) atoms. The summed E-state index contributed by atoms with van der Waals surface area (Å²) in [5, 5.41) is 9.14. The molecule has 0 aliphatic carbocycles. The fraction of sp³-hybridized carbons (Fsp3) is 0.357. The Bertz CT molecular complexity index is 594. The smallest absolute Gasteiger partial charge is 0.101 e. The van der Waals surface area contributed by atoms with Crippen molar-refractivity contribution in [2.75, 3.05) is 0 Å². The van der Waals surface area contributed by atoms with Gasteiger partial charge in [-0.05, 0) is 37.0 Å². The van der Waals surface area contributed by atoms with Gasteiger partial charge in [0.2, 0.25) is 0 Å². The van der Waals surface area contributed by atoms with Crippen LogP contribution >= 0.6 is 0 Å². The first kappa shape index (κ1) is 11.5. The van der Waals surface area contributed by atoms with E-state index in [9.17, 15) is 0 Å². The number of pyridine rings is 2. The fourth-order valence-corrected chi connectivity index (χ4v) is 1.93. The molecular formula is C14H15N3. The summed E-state index contributed by atoms with van der Waals surface area (Å²) in [5.74, 6) is 0.495. The first-order valence-corrected chi connectivity index (χ1v) is 5.77. The summed E-state index contributed by atoms with van der Waals surface area (Å²) in [6.45, 7) is 6.24. The molecule has 0 N–H and O–H groups in total. The van der Waals surface area contributed by atoms with Crippen LogP contribution in [0.5, 0.6) is 0 Å². The van der Waals surface area contributed by atoms with Crippen LogP contribution in [0.4, 0.5) is 0 Å². The molecule has 0 aromatic carbocycles. The molecule has 0 fully saturated rings. The molecule has 0 unspecified atom stereocenters. The minimum Gasteiger partial charge on any atom is -0.253 e. The van der Waals surface area contributed by atoms with E-state index in [1.807, 2.05) is 19.1 Å². The van der Waals surface area contributed by atoms with Gasteiger partial charge in [-0.15, -0.1) is 0 Å². The van der Waals surface area contributed by atoms with Gasteiger partial charge in [0.25, 0.3) is 0 Å². The van der Waals surface area contributed by atoms with Crippen molar-refractivity contribution in [3.63, 3.8) is 0 Å². The van der Waals surface area contributed by atoms with Crippen LogP contribution in [0.25, 0.3) is 11.0 Å². The quantitative estimate of drug-likeness (QED) is 0.789. The second-order valence-electron chi connectivity index (χ2n) is 4.68. The Kier molecular flexibility index (Phi) is 3.06. The van der Waals surface area contributed by atoms with Crippen molar-refractivity contribution in [3.8, 4) is 6.07 Å². The van der Waals surface area contributed by atoms with Gasteiger partial charge in [0.15, 0.2) is 0 Å². The topological polar surface area (TPSA) is 49.6 Å². The van der Waals surface area contributed by atoms with E-state index in [-0.39, 0.29) is 0 Å². The van der Waals surface area contributed by atoms with Crippen LogP contribution in [0.15, 0.2) is 18.3 Å². The number of hydrogen-bond acceptors (Lipinski definition) is 3. The normalized spacial score (nSPS) is 10.8. The molecule has 0 bridgehead atoms. The zero-order valence-electron chi connectivity index (χ0n) is 10.4. The highest BCUT2D eigenvalue weighted by molar-refractivity contribution is 5.80. The SMILES string of the molecule is Cc1ccc2ncc(C#N)c(CC(C)C)c2n1. The lowest BCUT2D eigenvalue weighted by atomic mass is 9.98. The third kappa shape index (κ3) is 2.26. The molecule has 0 saturated heterocycles. The zero-order valence-corrected chi connectivity index (χ0v) is 10.4. The van der Waals surface area contributed by atoms with Gasteiger partial charge in [0.1, 0.15) is 6.07 Å². The van der Waals surface area contributed by atoms with Crippen LogP contribution in [0, 0.1) is 24.2 Å². The largest absolute Gasteiger partial charge is 0.253 e. The lowest BCUT2D eigenvalue weighted by Crippen LogP contribution is -2.02. The van der Waals surface area contributed by atoms with Crippen molar-refractivity contribution >= 4 is 11.0 Å². The van der Waals surface area contributed by atoms with Gasteiger partial charge in [-0.1, -0.05) is 13.8 Å². The van der Waals surface area contributed by atoms with Crippen LogP contribution in [0.2, 0.25) is 0 Å². The summed E-state index contributed by atoms with van der Waals surface area (Å²) in [4.78, 5) is 8.80. The van der Waals surface area contributed by atoms with Gasteiger partial charge in [0.05, 0.1) is 16.6 Å². The summed E-state index contributed by atoms with van der Waals surface area (Å²) in [6, 6.07) is 6.12. The van der Waals surface area contributed by atoms with E-state index in [2.05, 4.69) is 29.9 Å². The van der Waals surface area contributed by atoms with Gasteiger partial charge in [-0.2, -0.15) is 5.26 Å². The Morgan fingerprint density at radius 3 is 2.76 bits per heavy atom. The van der Waals surface area contributed by atoms with Crippen LogP contribution in [0.3, 0.4) is 0 Å². The Labute approximate surface area is 101 Å². The molecule has 0 radical (unpaired) electrons. The predicted octanol–water partition coefficient (Wildman–Crippen LogP) is 3.01. The lowest BCUT2D eigenvalue weighted by Gasteiger charge is -2.10. The van der Waals surface area contributed by atoms with Crippen molar-refractivity contribution in [2.24, 2.45) is 5.92 Å². The highest BCUT2D eigenvalue weighted by Gasteiger charge is 2.11. The maximum absolute atomic E-state index is 9.14. The van der Waals surface area contributed by atoms with Gasteiger partial charge in [-0.25, -0.2) is 0 Å². The molecule has 3 nitrogen and oxygen atoms in total. The molecule has 86 valence electrons. The summed E-state index contributed by atoms with van der Waals surface area (Å²) >= 11 is 0. The second-order valence-corrected chi connectivity index (χ2v) is 4.68. The fourth-order valence-electron chi connectivity index (χ4n) is 1.93. The minimum absolute atomic E-state index is 0.495. The first-order valence-electron chi connectivity index (χ1n) is 5.77. The molecule has 2 heterocycles. The Morgan fingerprint density at radius 1 is 1.35 bits per heavy atom. The number of rotatable bonds is 2. The molecule has 2 aromatic heterocycles. The average molecular weight is 225 g/mol. The maximum atomic E-state index is 9.14. The van der Waals surface area contributed by atoms with Crippen LogP contribution in [-0.4, -0.2) is 9.97 Å². The summed E-state index contributed by atoms with van der Waals surface area (Å²) in [5.41, 5.74) is 4.36. The van der Waals surface area contributed by atoms with Gasteiger partial charge >= 0.3 is 0 Å². The molecule has 0 aliphatic heterocycles. The molecule has 3 heteroatoms. The number of fused-ring (bicyclic) bond motifs is 1. The molecule has 2 rings (SSSR count). The number of nitrogens with zero attached hydrogens (tertiary/aromatic N) is 3. The predicted molar refractivity (Wildman–Crippen MR) is 67.5 cm³/mol. The first-order chi connectivity index (χ1) is 8.11. The summed E-state index contributed by atoms with van der Waals surface area (Å²) in [7, 11) is 0. The standard InChI is InChI=1S/C14H15N3/c1-9(2)6-12-11(7-15)8-16-13-5-4-10(3)17-14(12)13/h4-5,8-9H,6H2,1-3H3. The molecule has 0 amide bonds. The third-order valence-electron chi connectivity index (χ3n) is 2.69. The highest BCUT2D eigenvalue weighted by atomic mass is 14.8. The Balaban J connectivity index is 2.73. The van der Waals surface area contributed by atoms with E-state index in [0.717, 1.165) is 28.7 Å². The molecular weight excluding hydrogens is 210 g/mol. The molecule has 2 aromatic rings. The average Bonchev–Trinajstić information content (AvgIpc) is 2.29. The number of nitriles is 1.